The molecule has 1 nitrogen and oxygen atoms in total. The molecule has 13 heavy (non-hydrogen) atoms. The van der Waals surface area contributed by atoms with Crippen LogP contribution in [0.1, 0.15) is 5.56 Å². The van der Waals surface area contributed by atoms with E-state index >= 15 is 0 Å². The molecule has 1 rings (SSSR count). The van der Waals surface area contributed by atoms with Gasteiger partial charge in [-0.15, -0.1) is 0 Å². The van der Waals surface area contributed by atoms with Gasteiger partial charge >= 0.3 is 0 Å². The van der Waals surface area contributed by atoms with Crippen molar-refractivity contribution in [1.82, 2.24) is 0 Å². The third-order valence-electron chi connectivity index (χ3n) is 1.43. The Balaban J connectivity index is 3.06. The molecule has 4 heteroatoms. The van der Waals surface area contributed by atoms with Gasteiger partial charge in [0.1, 0.15) is 0 Å². The smallest absolute Gasteiger partial charge is 0.200 e. The topological polar surface area (TPSA) is 20.2 Å². The number of benzene rings is 1. The summed E-state index contributed by atoms with van der Waals surface area (Å²) in [5.41, 5.74) is 0.427. The van der Waals surface area contributed by atoms with E-state index in [9.17, 15) is 8.78 Å². The molecule has 0 aromatic heterocycles. The Morgan fingerprint density at radius 1 is 1.38 bits per heavy atom. The molecule has 0 radical (unpaired) electrons. The van der Waals surface area contributed by atoms with Gasteiger partial charge in [0.25, 0.3) is 0 Å². The standard InChI is InChI=1S/C9H7BrF2O/c10-3-1-2-6-4-7(11)9(12)8(13)5-6/h1-2,4-5,13H,3H2. The first-order chi connectivity index (χ1) is 6.15. The molecule has 0 heterocycles. The summed E-state index contributed by atoms with van der Waals surface area (Å²) in [5.74, 6) is -2.93. The predicted octanol–water partition coefficient (Wildman–Crippen LogP) is 3.08. The Morgan fingerprint density at radius 2 is 2.08 bits per heavy atom. The summed E-state index contributed by atoms with van der Waals surface area (Å²) in [7, 11) is 0. The van der Waals surface area contributed by atoms with Crippen molar-refractivity contribution < 1.29 is 13.9 Å². The fraction of sp³-hybridized carbons (Fsp3) is 0.111. The van der Waals surface area contributed by atoms with Gasteiger partial charge in [-0.25, -0.2) is 4.39 Å². The number of phenolic OH excluding ortho intramolecular Hbond substituents is 1. The largest absolute Gasteiger partial charge is 0.505 e. The van der Waals surface area contributed by atoms with E-state index < -0.39 is 17.4 Å². The van der Waals surface area contributed by atoms with Crippen LogP contribution < -0.4 is 0 Å². The monoisotopic (exact) mass is 248 g/mol. The first-order valence-corrected chi connectivity index (χ1v) is 4.68. The van der Waals surface area contributed by atoms with Crippen molar-refractivity contribution in [3.8, 4) is 5.75 Å². The van der Waals surface area contributed by atoms with Crippen LogP contribution in [0.25, 0.3) is 6.08 Å². The van der Waals surface area contributed by atoms with Crippen LogP contribution in [0.4, 0.5) is 8.78 Å². The molecular formula is C9H7BrF2O. The van der Waals surface area contributed by atoms with Gasteiger partial charge in [-0.1, -0.05) is 28.1 Å². The molecule has 0 aliphatic heterocycles. The summed E-state index contributed by atoms with van der Waals surface area (Å²) in [6.07, 6.45) is 3.29. The molecule has 0 fully saturated rings. The number of hydrogen-bond donors (Lipinski definition) is 1. The zero-order valence-electron chi connectivity index (χ0n) is 6.60. The lowest BCUT2D eigenvalue weighted by molar-refractivity contribution is 0.407. The van der Waals surface area contributed by atoms with Crippen LogP contribution in [0.3, 0.4) is 0 Å². The van der Waals surface area contributed by atoms with E-state index in [0.717, 1.165) is 12.1 Å². The number of phenols is 1. The lowest BCUT2D eigenvalue weighted by Crippen LogP contribution is -1.85. The number of aromatic hydroxyl groups is 1. The summed E-state index contributed by atoms with van der Waals surface area (Å²) in [6.45, 7) is 0. The van der Waals surface area contributed by atoms with Crippen molar-refractivity contribution in [3.63, 3.8) is 0 Å². The highest BCUT2D eigenvalue weighted by molar-refractivity contribution is 9.09. The average Bonchev–Trinajstić information content (AvgIpc) is 2.10. The van der Waals surface area contributed by atoms with Gasteiger partial charge < -0.3 is 5.11 Å². The van der Waals surface area contributed by atoms with Gasteiger partial charge in [-0.3, -0.25) is 0 Å². The first-order valence-electron chi connectivity index (χ1n) is 3.55. The van der Waals surface area contributed by atoms with E-state index in [1.54, 1.807) is 12.2 Å². The van der Waals surface area contributed by atoms with Crippen molar-refractivity contribution in [2.75, 3.05) is 5.33 Å². The summed E-state index contributed by atoms with van der Waals surface area (Å²) in [5, 5.41) is 9.54. The molecule has 0 atom stereocenters. The van der Waals surface area contributed by atoms with Crippen LogP contribution in [0, 0.1) is 11.6 Å². The first kappa shape index (κ1) is 10.2. The fourth-order valence-corrected chi connectivity index (χ4v) is 1.06. The van der Waals surface area contributed by atoms with Crippen molar-refractivity contribution in [3.05, 3.63) is 35.4 Å². The molecule has 0 saturated heterocycles. The van der Waals surface area contributed by atoms with Gasteiger partial charge in [-0.2, -0.15) is 4.39 Å². The second-order valence-corrected chi connectivity index (χ2v) is 3.04. The average molecular weight is 249 g/mol. The highest BCUT2D eigenvalue weighted by Crippen LogP contribution is 2.21. The third-order valence-corrected chi connectivity index (χ3v) is 1.80. The van der Waals surface area contributed by atoms with Crippen molar-refractivity contribution in [2.45, 2.75) is 0 Å². The molecule has 1 N–H and O–H groups in total. The quantitative estimate of drug-likeness (QED) is 0.798. The van der Waals surface area contributed by atoms with E-state index in [1.807, 2.05) is 0 Å². The minimum absolute atomic E-state index is 0.427. The molecule has 0 bridgehead atoms. The molecule has 1 aromatic carbocycles. The normalized spacial score (nSPS) is 11.0. The van der Waals surface area contributed by atoms with Gasteiger partial charge in [0.2, 0.25) is 0 Å². The maximum Gasteiger partial charge on any atom is 0.200 e. The minimum Gasteiger partial charge on any atom is -0.505 e. The summed E-state index contributed by atoms with van der Waals surface area (Å²) in [6, 6.07) is 2.19. The van der Waals surface area contributed by atoms with E-state index in [1.165, 1.54) is 0 Å². The van der Waals surface area contributed by atoms with Gasteiger partial charge in [0, 0.05) is 5.33 Å². The van der Waals surface area contributed by atoms with Crippen LogP contribution in [0.5, 0.6) is 5.75 Å². The maximum absolute atomic E-state index is 12.7. The Bertz CT molecular complexity index is 313. The second kappa shape index (κ2) is 4.37. The number of allylic oxidation sites excluding steroid dienone is 1. The van der Waals surface area contributed by atoms with Crippen LogP contribution in [-0.2, 0) is 0 Å². The minimum atomic E-state index is -1.21. The number of halogens is 3. The Hall–Kier alpha value is -0.900. The second-order valence-electron chi connectivity index (χ2n) is 2.39. The zero-order chi connectivity index (χ0) is 9.84. The molecule has 70 valence electrons. The van der Waals surface area contributed by atoms with Crippen molar-refractivity contribution in [2.24, 2.45) is 0 Å². The van der Waals surface area contributed by atoms with Crippen molar-refractivity contribution >= 4 is 22.0 Å². The van der Waals surface area contributed by atoms with Gasteiger partial charge in [0.05, 0.1) is 0 Å². The van der Waals surface area contributed by atoms with Gasteiger partial charge in [-0.05, 0) is 17.7 Å². The third kappa shape index (κ3) is 2.52. The molecule has 0 amide bonds. The van der Waals surface area contributed by atoms with E-state index in [2.05, 4.69) is 15.9 Å². The Labute approximate surface area is 82.8 Å². The molecule has 1 aromatic rings. The lowest BCUT2D eigenvalue weighted by atomic mass is 10.2. The summed E-state index contributed by atoms with van der Waals surface area (Å²) in [4.78, 5) is 0. The van der Waals surface area contributed by atoms with Crippen molar-refractivity contribution in [1.29, 1.82) is 0 Å². The number of alkyl halides is 1. The van der Waals surface area contributed by atoms with Crippen LogP contribution in [0.15, 0.2) is 18.2 Å². The maximum atomic E-state index is 12.7. The highest BCUT2D eigenvalue weighted by Gasteiger charge is 2.07. The highest BCUT2D eigenvalue weighted by atomic mass is 79.9. The zero-order valence-corrected chi connectivity index (χ0v) is 8.18. The predicted molar refractivity (Wildman–Crippen MR) is 50.9 cm³/mol. The van der Waals surface area contributed by atoms with E-state index in [-0.39, 0.29) is 0 Å². The molecule has 0 spiro atoms. The molecule has 0 saturated carbocycles. The number of rotatable bonds is 2. The van der Waals surface area contributed by atoms with E-state index in [4.69, 9.17) is 5.11 Å². The van der Waals surface area contributed by atoms with Crippen LogP contribution in [0.2, 0.25) is 0 Å². The van der Waals surface area contributed by atoms with Gasteiger partial charge in [0.15, 0.2) is 17.4 Å². The lowest BCUT2D eigenvalue weighted by Gasteiger charge is -1.98. The molecule has 0 aliphatic rings. The molecule has 0 aliphatic carbocycles. The summed E-state index contributed by atoms with van der Waals surface area (Å²) < 4.78 is 25.3. The Morgan fingerprint density at radius 3 is 2.62 bits per heavy atom. The van der Waals surface area contributed by atoms with Crippen LogP contribution in [-0.4, -0.2) is 10.4 Å². The molecular weight excluding hydrogens is 242 g/mol. The molecule has 0 unspecified atom stereocenters. The Kier molecular flexibility index (Phi) is 3.42. The van der Waals surface area contributed by atoms with E-state index in [0.29, 0.717) is 10.9 Å². The fourth-order valence-electron chi connectivity index (χ4n) is 0.872. The summed E-state index contributed by atoms with van der Waals surface area (Å²) >= 11 is 3.14. The number of hydrogen-bond acceptors (Lipinski definition) is 1. The SMILES string of the molecule is Oc1cc(C=CCBr)cc(F)c1F. The van der Waals surface area contributed by atoms with Crippen LogP contribution >= 0.6 is 15.9 Å².